The number of benzene rings is 1. The molecule has 0 saturated heterocycles. The van der Waals surface area contributed by atoms with Crippen LogP contribution in [0.2, 0.25) is 0 Å². The minimum Gasteiger partial charge on any atom is -0.394 e. The molecule has 0 aliphatic carbocycles. The highest BCUT2D eigenvalue weighted by molar-refractivity contribution is 5.79. The van der Waals surface area contributed by atoms with Crippen LogP contribution < -0.4 is 5.32 Å². The maximum Gasteiger partial charge on any atom is 0.225 e. The Labute approximate surface area is 302 Å². The van der Waals surface area contributed by atoms with E-state index in [1.165, 1.54) is 141 Å². The predicted octanol–water partition coefficient (Wildman–Crippen LogP) is 10.9. The van der Waals surface area contributed by atoms with Crippen molar-refractivity contribution >= 4 is 5.91 Å². The molecule has 1 aromatic rings. The van der Waals surface area contributed by atoms with Crippen molar-refractivity contribution < 1.29 is 24.5 Å². The van der Waals surface area contributed by atoms with Crippen molar-refractivity contribution in [3.05, 3.63) is 35.9 Å². The van der Waals surface area contributed by atoms with Gasteiger partial charge >= 0.3 is 0 Å². The second kappa shape index (κ2) is 33.7. The van der Waals surface area contributed by atoms with Crippen molar-refractivity contribution in [3.63, 3.8) is 0 Å². The Hall–Kier alpha value is -1.47. The second-order valence-electron chi connectivity index (χ2n) is 14.6. The van der Waals surface area contributed by atoms with Crippen molar-refractivity contribution in [2.24, 2.45) is 5.92 Å². The maximum atomic E-state index is 13.8. The van der Waals surface area contributed by atoms with E-state index in [0.717, 1.165) is 31.2 Å². The van der Waals surface area contributed by atoms with E-state index in [9.17, 15) is 9.90 Å². The zero-order chi connectivity index (χ0) is 35.5. The molecule has 3 N–H and O–H groups in total. The predicted molar refractivity (Wildman–Crippen MR) is 207 cm³/mol. The van der Waals surface area contributed by atoms with Crippen LogP contribution in [-0.4, -0.2) is 54.9 Å². The Morgan fingerprint density at radius 1 is 0.612 bits per heavy atom. The summed E-state index contributed by atoms with van der Waals surface area (Å²) in [5.41, 5.74) is -0.551. The van der Waals surface area contributed by atoms with Crippen LogP contribution in [-0.2, 0) is 20.7 Å². The lowest BCUT2D eigenvalue weighted by molar-refractivity contribution is -0.139. The molecule has 0 heterocycles. The van der Waals surface area contributed by atoms with Crippen LogP contribution in [0.1, 0.15) is 186 Å². The normalized spacial score (nSPS) is 12.8. The Morgan fingerprint density at radius 2 is 1.02 bits per heavy atom. The van der Waals surface area contributed by atoms with Gasteiger partial charge in [-0.3, -0.25) is 4.79 Å². The molecular formula is C43H79NO5. The summed E-state index contributed by atoms with van der Waals surface area (Å²) in [6, 6.07) is 9.79. The average Bonchev–Trinajstić information content (AvgIpc) is 3.10. The van der Waals surface area contributed by atoms with E-state index in [1.54, 1.807) is 0 Å². The van der Waals surface area contributed by atoms with E-state index in [4.69, 9.17) is 14.6 Å². The van der Waals surface area contributed by atoms with Gasteiger partial charge in [-0.25, -0.2) is 0 Å². The van der Waals surface area contributed by atoms with Gasteiger partial charge in [0.15, 0.2) is 5.72 Å². The quantitative estimate of drug-likeness (QED) is 0.0478. The number of carbonyl (C=O) groups is 1. The molecule has 0 bridgehead atoms. The van der Waals surface area contributed by atoms with Crippen LogP contribution in [0.5, 0.6) is 0 Å². The number of unbranched alkanes of at least 4 members (excludes halogenated alkanes) is 22. The van der Waals surface area contributed by atoms with Crippen LogP contribution in [0.15, 0.2) is 30.3 Å². The summed E-state index contributed by atoms with van der Waals surface area (Å²) in [5, 5.41) is 23.7. The first kappa shape index (κ1) is 45.6. The fraction of sp³-hybridized carbons (Fsp3) is 0.837. The Bertz CT molecular complexity index is 809. The smallest absolute Gasteiger partial charge is 0.225 e. The number of hydrogen-bond acceptors (Lipinski definition) is 5. The third-order valence-electron chi connectivity index (χ3n) is 9.83. The zero-order valence-electron chi connectivity index (χ0n) is 32.2. The highest BCUT2D eigenvalue weighted by Gasteiger charge is 2.32. The first-order valence-corrected chi connectivity index (χ1v) is 20.9. The van der Waals surface area contributed by atoms with Crippen LogP contribution >= 0.6 is 0 Å². The van der Waals surface area contributed by atoms with Gasteiger partial charge in [-0.05, 0) is 18.4 Å². The number of aliphatic hydroxyl groups excluding tert-OH is 1. The van der Waals surface area contributed by atoms with Crippen molar-refractivity contribution in [3.8, 4) is 0 Å². The molecule has 0 aliphatic heterocycles. The van der Waals surface area contributed by atoms with Crippen LogP contribution in [0.3, 0.4) is 0 Å². The summed E-state index contributed by atoms with van der Waals surface area (Å²) < 4.78 is 11.1. The molecule has 1 aromatic carbocycles. The number of aliphatic hydroxyl groups is 2. The molecule has 6 nitrogen and oxygen atoms in total. The maximum absolute atomic E-state index is 13.8. The fourth-order valence-electron chi connectivity index (χ4n) is 6.79. The van der Waals surface area contributed by atoms with Crippen molar-refractivity contribution in [2.75, 3.05) is 33.0 Å². The van der Waals surface area contributed by atoms with Crippen molar-refractivity contribution in [1.29, 1.82) is 0 Å². The molecular weight excluding hydrogens is 610 g/mol. The summed E-state index contributed by atoms with van der Waals surface area (Å²) in [6.07, 6.45) is 33.4. The Kier molecular flexibility index (Phi) is 31.3. The number of carbonyl (C=O) groups excluding carboxylic acids is 1. The molecule has 49 heavy (non-hydrogen) atoms. The largest absolute Gasteiger partial charge is 0.394 e. The fourth-order valence-corrected chi connectivity index (χ4v) is 6.79. The Balaban J connectivity index is 2.58. The first-order valence-electron chi connectivity index (χ1n) is 20.9. The van der Waals surface area contributed by atoms with Crippen LogP contribution in [0, 0.1) is 5.92 Å². The molecule has 0 aromatic heterocycles. The highest BCUT2D eigenvalue weighted by atomic mass is 16.5. The van der Waals surface area contributed by atoms with Crippen molar-refractivity contribution in [1.82, 2.24) is 5.32 Å². The summed E-state index contributed by atoms with van der Waals surface area (Å²) in [5.74, 6) is -0.147. The molecule has 1 atom stereocenters. The van der Waals surface area contributed by atoms with Gasteiger partial charge in [0.1, 0.15) is 0 Å². The lowest BCUT2D eigenvalue weighted by Crippen LogP contribution is -2.55. The molecule has 0 spiro atoms. The van der Waals surface area contributed by atoms with E-state index in [0.29, 0.717) is 6.61 Å². The van der Waals surface area contributed by atoms with Crippen LogP contribution in [0.25, 0.3) is 0 Å². The number of ether oxygens (including phenoxy) is 2. The van der Waals surface area contributed by atoms with Gasteiger partial charge in [-0.15, -0.1) is 0 Å². The molecule has 0 saturated carbocycles. The minimum absolute atomic E-state index is 0.0138. The molecule has 1 amide bonds. The summed E-state index contributed by atoms with van der Waals surface area (Å²) in [6.45, 7) is 5.37. The standard InChI is InChI=1S/C43H79NO5/c1-3-5-7-9-11-13-15-17-19-21-23-28-32-41(33-29-24-22-20-18-16-14-12-10-8-6-4-2)42(46)44-43(47,38-40-30-26-25-27-31-40)39-49-37-36-48-35-34-45/h25-27,30-31,41,45,47H,3-24,28-29,32-39H2,1-2H3,(H,44,46). The Morgan fingerprint density at radius 3 is 1.45 bits per heavy atom. The van der Waals surface area contributed by atoms with Gasteiger partial charge in [-0.2, -0.15) is 0 Å². The van der Waals surface area contributed by atoms with Gasteiger partial charge in [0.05, 0.1) is 33.0 Å². The van der Waals surface area contributed by atoms with Crippen molar-refractivity contribution in [2.45, 2.75) is 193 Å². The number of rotatable bonds is 37. The number of nitrogens with one attached hydrogen (secondary N) is 1. The molecule has 0 fully saturated rings. The average molecular weight is 690 g/mol. The van der Waals surface area contributed by atoms with E-state index in [2.05, 4.69) is 19.2 Å². The monoisotopic (exact) mass is 690 g/mol. The highest BCUT2D eigenvalue weighted by Crippen LogP contribution is 2.22. The lowest BCUT2D eigenvalue weighted by Gasteiger charge is -2.31. The molecule has 6 heteroatoms. The number of hydrogen-bond donors (Lipinski definition) is 3. The van der Waals surface area contributed by atoms with Gasteiger partial charge in [-0.1, -0.05) is 198 Å². The summed E-state index contributed by atoms with van der Waals surface area (Å²) in [4.78, 5) is 13.8. The lowest BCUT2D eigenvalue weighted by atomic mass is 9.92. The molecule has 0 aliphatic rings. The first-order chi connectivity index (χ1) is 24.0. The SMILES string of the molecule is CCCCCCCCCCCCCCC(CCCCCCCCCCCCCC)C(=O)NC(O)(COCCOCCO)Cc1ccccc1. The summed E-state index contributed by atoms with van der Waals surface area (Å²) >= 11 is 0. The van der Waals surface area contributed by atoms with Gasteiger partial charge in [0.25, 0.3) is 0 Å². The third-order valence-corrected chi connectivity index (χ3v) is 9.83. The summed E-state index contributed by atoms with van der Waals surface area (Å²) in [7, 11) is 0. The molecule has 0 radical (unpaired) electrons. The molecule has 286 valence electrons. The van der Waals surface area contributed by atoms with Gasteiger partial charge in [0, 0.05) is 12.3 Å². The number of amides is 1. The van der Waals surface area contributed by atoms with E-state index < -0.39 is 5.72 Å². The van der Waals surface area contributed by atoms with E-state index in [1.807, 2.05) is 30.3 Å². The zero-order valence-corrected chi connectivity index (χ0v) is 32.2. The van der Waals surface area contributed by atoms with E-state index in [-0.39, 0.29) is 44.7 Å². The molecule has 1 unspecified atom stereocenters. The van der Waals surface area contributed by atoms with Gasteiger partial charge in [0.2, 0.25) is 5.91 Å². The second-order valence-corrected chi connectivity index (χ2v) is 14.6. The molecule has 1 rings (SSSR count). The van der Waals surface area contributed by atoms with E-state index >= 15 is 0 Å². The minimum atomic E-state index is -1.50. The van der Waals surface area contributed by atoms with Gasteiger partial charge < -0.3 is 25.0 Å². The third kappa shape index (κ3) is 27.9. The van der Waals surface area contributed by atoms with Crippen LogP contribution in [0.4, 0.5) is 0 Å². The topological polar surface area (TPSA) is 88.0 Å².